The van der Waals surface area contributed by atoms with Crippen LogP contribution in [0.4, 0.5) is 0 Å². The van der Waals surface area contributed by atoms with Crippen LogP contribution in [0.5, 0.6) is 0 Å². The molecule has 8 aromatic carbocycles. The van der Waals surface area contributed by atoms with Crippen molar-refractivity contribution in [2.45, 2.75) is 0 Å². The molecule has 10 aromatic rings. The summed E-state index contributed by atoms with van der Waals surface area (Å²) in [5.74, 6) is 0.680. The molecule has 2 aromatic heterocycles. The SMILES string of the molecule is C(=C\c1ccccc1-c1ccccc1)/c1ccc(-c2cc(-c3cc4ccccc4c4ccccc34)nc(-c3ccc(-c4cnc5ccccc5c4)cc3)n2)cc1. The minimum atomic E-state index is 0.680. The van der Waals surface area contributed by atoms with Gasteiger partial charge >= 0.3 is 0 Å². The maximum Gasteiger partial charge on any atom is 0.160 e. The lowest BCUT2D eigenvalue weighted by atomic mass is 9.95. The molecule has 0 aliphatic heterocycles. The van der Waals surface area contributed by atoms with Crippen LogP contribution in [0.1, 0.15) is 11.1 Å². The molecule has 10 rings (SSSR count). The number of para-hydroxylation sites is 1. The van der Waals surface area contributed by atoms with Gasteiger partial charge in [-0.25, -0.2) is 9.97 Å². The topological polar surface area (TPSA) is 38.7 Å². The Balaban J connectivity index is 1.05. The van der Waals surface area contributed by atoms with Crippen LogP contribution in [0.15, 0.2) is 200 Å². The lowest BCUT2D eigenvalue weighted by Gasteiger charge is -2.13. The number of hydrogen-bond donors (Lipinski definition) is 0. The minimum absolute atomic E-state index is 0.680. The highest BCUT2D eigenvalue weighted by Crippen LogP contribution is 2.37. The van der Waals surface area contributed by atoms with Gasteiger partial charge in [-0.05, 0) is 73.6 Å². The zero-order valence-electron chi connectivity index (χ0n) is 30.5. The normalized spacial score (nSPS) is 11.5. The third-order valence-corrected chi connectivity index (χ3v) is 10.5. The summed E-state index contributed by atoms with van der Waals surface area (Å²) in [5, 5.41) is 5.91. The molecule has 0 radical (unpaired) electrons. The third kappa shape index (κ3) is 6.42. The van der Waals surface area contributed by atoms with E-state index >= 15 is 0 Å². The first-order valence-corrected chi connectivity index (χ1v) is 18.9. The maximum absolute atomic E-state index is 5.28. The zero-order valence-corrected chi connectivity index (χ0v) is 30.5. The number of nitrogens with zero attached hydrogens (tertiary/aromatic N) is 3. The van der Waals surface area contributed by atoms with Crippen LogP contribution in [-0.4, -0.2) is 15.0 Å². The summed E-state index contributed by atoms with van der Waals surface area (Å²) in [5.41, 5.74) is 12.7. The number of benzene rings is 8. The average molecular weight is 714 g/mol. The molecule has 0 aliphatic rings. The molecule has 0 unspecified atom stereocenters. The Morgan fingerprint density at radius 1 is 0.357 bits per heavy atom. The van der Waals surface area contributed by atoms with Crippen LogP contribution >= 0.6 is 0 Å². The van der Waals surface area contributed by atoms with E-state index in [1.165, 1.54) is 32.8 Å². The fourth-order valence-electron chi connectivity index (χ4n) is 7.64. The van der Waals surface area contributed by atoms with Crippen molar-refractivity contribution in [3.05, 3.63) is 211 Å². The summed E-state index contributed by atoms with van der Waals surface area (Å²) in [6.07, 6.45) is 6.31. The second kappa shape index (κ2) is 14.4. The first-order chi connectivity index (χ1) is 27.7. The van der Waals surface area contributed by atoms with Crippen LogP contribution in [-0.2, 0) is 0 Å². The number of rotatable bonds is 7. The van der Waals surface area contributed by atoms with Gasteiger partial charge in [0.2, 0.25) is 0 Å². The minimum Gasteiger partial charge on any atom is -0.256 e. The van der Waals surface area contributed by atoms with Crippen molar-refractivity contribution in [1.82, 2.24) is 15.0 Å². The molecule has 0 saturated carbocycles. The van der Waals surface area contributed by atoms with E-state index in [2.05, 4.69) is 188 Å². The predicted octanol–water partition coefficient (Wildman–Crippen LogP) is 13.8. The molecule has 3 nitrogen and oxygen atoms in total. The summed E-state index contributed by atoms with van der Waals surface area (Å²) in [6, 6.07) is 68.2. The van der Waals surface area contributed by atoms with Gasteiger partial charge in [-0.3, -0.25) is 4.98 Å². The second-order valence-corrected chi connectivity index (χ2v) is 14.1. The fraction of sp³-hybridized carbons (Fsp3) is 0. The van der Waals surface area contributed by atoms with Crippen molar-refractivity contribution < 1.29 is 0 Å². The largest absolute Gasteiger partial charge is 0.256 e. The monoisotopic (exact) mass is 713 g/mol. The summed E-state index contributed by atoms with van der Waals surface area (Å²) < 4.78 is 0. The van der Waals surface area contributed by atoms with Crippen molar-refractivity contribution in [3.8, 4) is 56.2 Å². The molecular weight excluding hydrogens is 679 g/mol. The van der Waals surface area contributed by atoms with Gasteiger partial charge in [0.25, 0.3) is 0 Å². The van der Waals surface area contributed by atoms with Crippen molar-refractivity contribution >= 4 is 44.6 Å². The highest BCUT2D eigenvalue weighted by molar-refractivity contribution is 6.13. The standard InChI is InChI=1S/C53H35N3/c1-2-12-38(13-3-1)45-17-7-4-14-39(45)25-22-36-23-26-40(27-24-36)51-34-52(49-33-42-15-5-8-18-46(42)47-19-9-10-20-48(47)49)56-53(55-51)41-30-28-37(29-31-41)44-32-43-16-6-11-21-50(43)54-35-44/h1-35H/b25-22+. The Morgan fingerprint density at radius 3 is 1.84 bits per heavy atom. The third-order valence-electron chi connectivity index (χ3n) is 10.5. The average Bonchev–Trinajstić information content (AvgIpc) is 3.28. The molecule has 3 heteroatoms. The van der Waals surface area contributed by atoms with Gasteiger partial charge in [-0.1, -0.05) is 182 Å². The maximum atomic E-state index is 5.28. The van der Waals surface area contributed by atoms with Crippen LogP contribution in [0, 0.1) is 0 Å². The lowest BCUT2D eigenvalue weighted by Crippen LogP contribution is -1.97. The number of fused-ring (bicyclic) bond motifs is 4. The van der Waals surface area contributed by atoms with E-state index in [0.29, 0.717) is 5.82 Å². The number of hydrogen-bond acceptors (Lipinski definition) is 3. The summed E-state index contributed by atoms with van der Waals surface area (Å²) in [7, 11) is 0. The first-order valence-electron chi connectivity index (χ1n) is 18.9. The highest BCUT2D eigenvalue weighted by Gasteiger charge is 2.15. The molecule has 2 heterocycles. The summed E-state index contributed by atoms with van der Waals surface area (Å²) in [4.78, 5) is 15.2. The Morgan fingerprint density at radius 2 is 1.00 bits per heavy atom. The number of pyridine rings is 1. The van der Waals surface area contributed by atoms with Crippen molar-refractivity contribution in [2.24, 2.45) is 0 Å². The molecule has 0 atom stereocenters. The number of aromatic nitrogens is 3. The molecule has 0 spiro atoms. The summed E-state index contributed by atoms with van der Waals surface area (Å²) >= 11 is 0. The van der Waals surface area contributed by atoms with Crippen LogP contribution < -0.4 is 0 Å². The molecule has 0 saturated heterocycles. The Labute approximate surface area is 326 Å². The van der Waals surface area contributed by atoms with E-state index in [4.69, 9.17) is 15.0 Å². The summed E-state index contributed by atoms with van der Waals surface area (Å²) in [6.45, 7) is 0. The van der Waals surface area contributed by atoms with Gasteiger partial charge in [0.15, 0.2) is 5.82 Å². The Bertz CT molecular complexity index is 3060. The van der Waals surface area contributed by atoms with Gasteiger partial charge in [0.1, 0.15) is 0 Å². The first kappa shape index (κ1) is 33.1. The van der Waals surface area contributed by atoms with E-state index in [1.807, 2.05) is 24.4 Å². The van der Waals surface area contributed by atoms with E-state index < -0.39 is 0 Å². The van der Waals surface area contributed by atoms with Crippen molar-refractivity contribution in [3.63, 3.8) is 0 Å². The zero-order chi connectivity index (χ0) is 37.3. The lowest BCUT2D eigenvalue weighted by molar-refractivity contribution is 1.19. The molecule has 0 amide bonds. The molecule has 56 heavy (non-hydrogen) atoms. The molecular formula is C53H35N3. The van der Waals surface area contributed by atoms with Gasteiger partial charge < -0.3 is 0 Å². The molecule has 262 valence electrons. The second-order valence-electron chi connectivity index (χ2n) is 14.1. The van der Waals surface area contributed by atoms with Gasteiger partial charge in [-0.15, -0.1) is 0 Å². The molecule has 0 bridgehead atoms. The van der Waals surface area contributed by atoms with E-state index in [1.54, 1.807) is 0 Å². The van der Waals surface area contributed by atoms with Crippen molar-refractivity contribution in [2.75, 3.05) is 0 Å². The molecule has 0 aliphatic carbocycles. The van der Waals surface area contributed by atoms with E-state index in [9.17, 15) is 0 Å². The Kier molecular flexibility index (Phi) is 8.51. The molecule has 0 N–H and O–H groups in total. The van der Waals surface area contributed by atoms with Crippen LogP contribution in [0.2, 0.25) is 0 Å². The fourth-order valence-corrected chi connectivity index (χ4v) is 7.64. The van der Waals surface area contributed by atoms with Gasteiger partial charge in [0.05, 0.1) is 16.9 Å². The van der Waals surface area contributed by atoms with Crippen LogP contribution in [0.25, 0.3) is 101 Å². The van der Waals surface area contributed by atoms with E-state index in [-0.39, 0.29) is 0 Å². The highest BCUT2D eigenvalue weighted by atomic mass is 14.9. The Hall–Kier alpha value is -7.49. The quantitative estimate of drug-likeness (QED) is 0.122. The van der Waals surface area contributed by atoms with E-state index in [0.717, 1.165) is 61.1 Å². The van der Waals surface area contributed by atoms with Gasteiger partial charge in [0, 0.05) is 33.8 Å². The molecule has 0 fully saturated rings. The predicted molar refractivity (Wildman–Crippen MR) is 235 cm³/mol. The van der Waals surface area contributed by atoms with Crippen molar-refractivity contribution in [1.29, 1.82) is 0 Å². The van der Waals surface area contributed by atoms with Gasteiger partial charge in [-0.2, -0.15) is 0 Å². The van der Waals surface area contributed by atoms with Crippen LogP contribution in [0.3, 0.4) is 0 Å². The smallest absolute Gasteiger partial charge is 0.160 e.